The van der Waals surface area contributed by atoms with Crippen molar-refractivity contribution in [3.8, 4) is 11.8 Å². The minimum Gasteiger partial charge on any atom is -0.493 e. The lowest BCUT2D eigenvalue weighted by Crippen LogP contribution is -2.07. The van der Waals surface area contributed by atoms with Crippen molar-refractivity contribution in [1.82, 2.24) is 0 Å². The molecule has 0 spiro atoms. The smallest absolute Gasteiger partial charge is 0.119 e. The Morgan fingerprint density at radius 2 is 2.06 bits per heavy atom. The van der Waals surface area contributed by atoms with Crippen LogP contribution >= 0.6 is 0 Å². The van der Waals surface area contributed by atoms with Crippen LogP contribution in [-0.4, -0.2) is 6.61 Å². The highest BCUT2D eigenvalue weighted by atomic mass is 16.5. The normalized spacial score (nSPS) is 25.8. The van der Waals surface area contributed by atoms with Gasteiger partial charge in [-0.2, -0.15) is 5.26 Å². The number of hydrogen-bond acceptors (Lipinski definition) is 2. The fraction of sp³-hybridized carbons (Fsp3) is 0.562. The predicted octanol–water partition coefficient (Wildman–Crippen LogP) is 3.91. The maximum Gasteiger partial charge on any atom is 0.119 e. The Bertz CT molecular complexity index is 443. The summed E-state index contributed by atoms with van der Waals surface area (Å²) in [6.07, 6.45) is 2.09. The van der Waals surface area contributed by atoms with Crippen LogP contribution in [-0.2, 0) is 5.41 Å². The Labute approximate surface area is 110 Å². The van der Waals surface area contributed by atoms with Gasteiger partial charge in [-0.15, -0.1) is 0 Å². The zero-order valence-electron chi connectivity index (χ0n) is 11.4. The van der Waals surface area contributed by atoms with Gasteiger partial charge in [0.1, 0.15) is 5.75 Å². The first-order valence-electron chi connectivity index (χ1n) is 6.77. The topological polar surface area (TPSA) is 33.0 Å². The van der Waals surface area contributed by atoms with E-state index < -0.39 is 0 Å². The molecule has 1 aliphatic carbocycles. The molecule has 0 amide bonds. The highest BCUT2D eigenvalue weighted by Crippen LogP contribution is 2.55. The van der Waals surface area contributed by atoms with E-state index in [0.29, 0.717) is 11.8 Å². The van der Waals surface area contributed by atoms with Crippen LogP contribution in [0.25, 0.3) is 0 Å². The van der Waals surface area contributed by atoms with Crippen molar-refractivity contribution in [2.75, 3.05) is 6.61 Å². The van der Waals surface area contributed by atoms with Crippen molar-refractivity contribution in [1.29, 1.82) is 5.26 Å². The third-order valence-corrected chi connectivity index (χ3v) is 3.75. The van der Waals surface area contributed by atoms with E-state index >= 15 is 0 Å². The van der Waals surface area contributed by atoms with Gasteiger partial charge in [0.2, 0.25) is 0 Å². The van der Waals surface area contributed by atoms with Gasteiger partial charge in [-0.05, 0) is 36.0 Å². The van der Waals surface area contributed by atoms with Crippen LogP contribution in [0.15, 0.2) is 24.3 Å². The number of hydrogen-bond donors (Lipinski definition) is 0. The SMILES string of the molecule is CCC1CC1(C#N)c1ccc(OCC(C)C)cc1. The molecule has 0 radical (unpaired) electrons. The molecule has 0 aromatic heterocycles. The Morgan fingerprint density at radius 1 is 1.39 bits per heavy atom. The van der Waals surface area contributed by atoms with Gasteiger partial charge in [0.15, 0.2) is 0 Å². The summed E-state index contributed by atoms with van der Waals surface area (Å²) >= 11 is 0. The van der Waals surface area contributed by atoms with E-state index in [1.807, 2.05) is 12.1 Å². The summed E-state index contributed by atoms with van der Waals surface area (Å²) in [6, 6.07) is 10.6. The summed E-state index contributed by atoms with van der Waals surface area (Å²) in [5, 5.41) is 9.38. The van der Waals surface area contributed by atoms with E-state index in [2.05, 4.69) is 39.0 Å². The summed E-state index contributed by atoms with van der Waals surface area (Å²) in [5.74, 6) is 1.96. The molecule has 1 aromatic rings. The third-order valence-electron chi connectivity index (χ3n) is 3.75. The molecule has 2 atom stereocenters. The molecule has 96 valence electrons. The highest BCUT2D eigenvalue weighted by molar-refractivity contribution is 5.43. The maximum atomic E-state index is 9.38. The van der Waals surface area contributed by atoms with Gasteiger partial charge in [0, 0.05) is 0 Å². The van der Waals surface area contributed by atoms with Crippen LogP contribution < -0.4 is 4.74 Å². The second kappa shape index (κ2) is 5.02. The number of ether oxygens (including phenoxy) is 1. The third kappa shape index (κ3) is 2.36. The first kappa shape index (κ1) is 13.0. The molecule has 0 saturated heterocycles. The van der Waals surface area contributed by atoms with Gasteiger partial charge in [-0.25, -0.2) is 0 Å². The van der Waals surface area contributed by atoms with Crippen molar-refractivity contribution in [3.63, 3.8) is 0 Å². The fourth-order valence-corrected chi connectivity index (χ4v) is 2.49. The van der Waals surface area contributed by atoms with Crippen LogP contribution in [0.2, 0.25) is 0 Å². The first-order chi connectivity index (χ1) is 8.62. The van der Waals surface area contributed by atoms with Crippen LogP contribution in [0, 0.1) is 23.2 Å². The minimum atomic E-state index is -0.217. The zero-order chi connectivity index (χ0) is 13.2. The van der Waals surface area contributed by atoms with E-state index in [1.165, 1.54) is 0 Å². The lowest BCUT2D eigenvalue weighted by molar-refractivity contribution is 0.271. The van der Waals surface area contributed by atoms with Crippen LogP contribution in [0.5, 0.6) is 5.75 Å². The predicted molar refractivity (Wildman–Crippen MR) is 72.5 cm³/mol. The van der Waals surface area contributed by atoms with Gasteiger partial charge < -0.3 is 4.74 Å². The number of nitriles is 1. The molecule has 1 fully saturated rings. The molecule has 2 unspecified atom stereocenters. The molecule has 1 aliphatic rings. The Kier molecular flexibility index (Phi) is 3.61. The summed E-state index contributed by atoms with van der Waals surface area (Å²) in [7, 11) is 0. The van der Waals surface area contributed by atoms with Gasteiger partial charge in [0.05, 0.1) is 18.1 Å². The molecule has 0 N–H and O–H groups in total. The molecule has 1 saturated carbocycles. The molecular formula is C16H21NO. The van der Waals surface area contributed by atoms with E-state index in [0.717, 1.165) is 30.8 Å². The maximum absolute atomic E-state index is 9.38. The molecule has 1 aromatic carbocycles. The van der Waals surface area contributed by atoms with Crippen molar-refractivity contribution in [2.45, 2.75) is 39.0 Å². The number of nitrogens with zero attached hydrogens (tertiary/aromatic N) is 1. The molecule has 0 aliphatic heterocycles. The van der Waals surface area contributed by atoms with E-state index in [9.17, 15) is 5.26 Å². The molecule has 18 heavy (non-hydrogen) atoms. The van der Waals surface area contributed by atoms with Crippen LogP contribution in [0.4, 0.5) is 0 Å². The Hall–Kier alpha value is -1.49. The second-order valence-electron chi connectivity index (χ2n) is 5.62. The van der Waals surface area contributed by atoms with E-state index in [4.69, 9.17) is 4.74 Å². The molecule has 2 nitrogen and oxygen atoms in total. The molecular weight excluding hydrogens is 222 g/mol. The second-order valence-corrected chi connectivity index (χ2v) is 5.62. The minimum absolute atomic E-state index is 0.217. The van der Waals surface area contributed by atoms with Gasteiger partial charge >= 0.3 is 0 Å². The molecule has 2 rings (SSSR count). The monoisotopic (exact) mass is 243 g/mol. The standard InChI is InChI=1S/C16H21NO/c1-4-13-9-16(13,11-17)14-5-7-15(8-6-14)18-10-12(2)3/h5-8,12-13H,4,9-10H2,1-3H3. The Morgan fingerprint density at radius 3 is 2.50 bits per heavy atom. The first-order valence-corrected chi connectivity index (χ1v) is 6.77. The Balaban J connectivity index is 2.07. The number of benzene rings is 1. The lowest BCUT2D eigenvalue weighted by atomic mass is 9.94. The molecule has 0 bridgehead atoms. The zero-order valence-corrected chi connectivity index (χ0v) is 11.4. The van der Waals surface area contributed by atoms with Crippen LogP contribution in [0.1, 0.15) is 39.2 Å². The highest BCUT2D eigenvalue weighted by Gasteiger charge is 2.54. The van der Waals surface area contributed by atoms with Crippen molar-refractivity contribution in [3.05, 3.63) is 29.8 Å². The lowest BCUT2D eigenvalue weighted by Gasteiger charge is -2.11. The van der Waals surface area contributed by atoms with Crippen molar-refractivity contribution >= 4 is 0 Å². The fourth-order valence-electron chi connectivity index (χ4n) is 2.49. The van der Waals surface area contributed by atoms with E-state index in [1.54, 1.807) is 0 Å². The molecule has 0 heterocycles. The quantitative estimate of drug-likeness (QED) is 0.785. The van der Waals surface area contributed by atoms with E-state index in [-0.39, 0.29) is 5.41 Å². The summed E-state index contributed by atoms with van der Waals surface area (Å²) in [5.41, 5.74) is 0.930. The largest absolute Gasteiger partial charge is 0.493 e. The van der Waals surface area contributed by atoms with Gasteiger partial charge in [0.25, 0.3) is 0 Å². The average molecular weight is 243 g/mol. The summed E-state index contributed by atoms with van der Waals surface area (Å²) in [6.45, 7) is 7.16. The van der Waals surface area contributed by atoms with Crippen LogP contribution in [0.3, 0.4) is 0 Å². The summed E-state index contributed by atoms with van der Waals surface area (Å²) < 4.78 is 5.66. The molecule has 2 heteroatoms. The summed E-state index contributed by atoms with van der Waals surface area (Å²) in [4.78, 5) is 0. The van der Waals surface area contributed by atoms with Gasteiger partial charge in [-0.3, -0.25) is 0 Å². The number of rotatable bonds is 5. The average Bonchev–Trinajstić information content (AvgIpc) is 3.12. The van der Waals surface area contributed by atoms with Crippen molar-refractivity contribution in [2.24, 2.45) is 11.8 Å². The van der Waals surface area contributed by atoms with Gasteiger partial charge in [-0.1, -0.05) is 39.3 Å². The van der Waals surface area contributed by atoms with Crippen molar-refractivity contribution < 1.29 is 4.74 Å².